The number of carbonyl (C=O) groups excluding carboxylic acids is 1. The van der Waals surface area contributed by atoms with E-state index >= 15 is 0 Å². The third kappa shape index (κ3) is 2.40. The summed E-state index contributed by atoms with van der Waals surface area (Å²) in [6.45, 7) is 4.18. The first-order valence-corrected chi connectivity index (χ1v) is 6.85. The molecular formula is C17H16NO3+. The van der Waals surface area contributed by atoms with E-state index in [2.05, 4.69) is 0 Å². The molecule has 3 aromatic heterocycles. The van der Waals surface area contributed by atoms with Crippen molar-refractivity contribution in [3.63, 3.8) is 0 Å². The number of aryl methyl sites for hydroxylation is 1. The van der Waals surface area contributed by atoms with E-state index in [1.807, 2.05) is 41.8 Å². The van der Waals surface area contributed by atoms with E-state index in [0.717, 1.165) is 22.3 Å². The van der Waals surface area contributed by atoms with Gasteiger partial charge in [-0.15, -0.1) is 0 Å². The van der Waals surface area contributed by atoms with Gasteiger partial charge in [-0.2, -0.15) is 4.40 Å². The molecule has 0 atom stereocenters. The van der Waals surface area contributed by atoms with Gasteiger partial charge in [0.05, 0.1) is 18.4 Å². The lowest BCUT2D eigenvalue weighted by Gasteiger charge is -2.04. The van der Waals surface area contributed by atoms with E-state index in [1.165, 1.54) is 0 Å². The van der Waals surface area contributed by atoms with Crippen molar-refractivity contribution < 1.29 is 18.3 Å². The van der Waals surface area contributed by atoms with Crippen LogP contribution in [0.5, 0.6) is 0 Å². The molecule has 0 aliphatic rings. The van der Waals surface area contributed by atoms with Gasteiger partial charge in [-0.25, -0.2) is 4.79 Å². The van der Waals surface area contributed by atoms with Gasteiger partial charge < -0.3 is 9.15 Å². The minimum Gasteiger partial charge on any atom is -0.472 e. The summed E-state index contributed by atoms with van der Waals surface area (Å²) in [5.41, 5.74) is 4.42. The Balaban J connectivity index is 2.26. The first kappa shape index (κ1) is 13.4. The van der Waals surface area contributed by atoms with Crippen LogP contribution in [0.3, 0.4) is 0 Å². The lowest BCUT2D eigenvalue weighted by molar-refractivity contribution is -0.500. The number of pyridine rings is 2. The van der Waals surface area contributed by atoms with Crippen molar-refractivity contribution in [1.82, 2.24) is 0 Å². The number of aromatic nitrogens is 1. The van der Waals surface area contributed by atoms with Crippen molar-refractivity contribution >= 4 is 11.5 Å². The van der Waals surface area contributed by atoms with Crippen molar-refractivity contribution in [2.24, 2.45) is 0 Å². The van der Waals surface area contributed by atoms with Crippen LogP contribution in [-0.2, 0) is 4.74 Å². The molecule has 0 amide bonds. The fourth-order valence-electron chi connectivity index (χ4n) is 2.38. The van der Waals surface area contributed by atoms with E-state index in [4.69, 9.17) is 9.15 Å². The Morgan fingerprint density at radius 2 is 2.10 bits per heavy atom. The van der Waals surface area contributed by atoms with Crippen LogP contribution in [0.2, 0.25) is 0 Å². The summed E-state index contributed by atoms with van der Waals surface area (Å²) in [7, 11) is 0. The minimum atomic E-state index is -0.308. The average molecular weight is 282 g/mol. The number of fused-ring (bicyclic) bond motifs is 1. The largest absolute Gasteiger partial charge is 0.472 e. The number of hydrogen-bond acceptors (Lipinski definition) is 3. The van der Waals surface area contributed by atoms with Crippen LogP contribution in [0.25, 0.3) is 16.8 Å². The molecule has 0 radical (unpaired) electrons. The summed E-state index contributed by atoms with van der Waals surface area (Å²) in [6.07, 6.45) is 5.32. The first-order chi connectivity index (χ1) is 10.2. The smallest absolute Gasteiger partial charge is 0.344 e. The molecule has 106 valence electrons. The predicted molar refractivity (Wildman–Crippen MR) is 78.0 cm³/mol. The second-order valence-electron chi connectivity index (χ2n) is 4.83. The van der Waals surface area contributed by atoms with E-state index < -0.39 is 0 Å². The van der Waals surface area contributed by atoms with E-state index in [1.54, 1.807) is 25.5 Å². The van der Waals surface area contributed by atoms with Crippen LogP contribution in [0.1, 0.15) is 22.8 Å². The van der Waals surface area contributed by atoms with Crippen LogP contribution in [-0.4, -0.2) is 12.6 Å². The molecule has 0 saturated carbocycles. The normalized spacial score (nSPS) is 10.8. The van der Waals surface area contributed by atoms with Gasteiger partial charge >= 0.3 is 5.97 Å². The first-order valence-electron chi connectivity index (χ1n) is 6.85. The zero-order valence-corrected chi connectivity index (χ0v) is 12.0. The van der Waals surface area contributed by atoms with E-state index in [9.17, 15) is 4.79 Å². The molecule has 4 nitrogen and oxygen atoms in total. The molecule has 0 unspecified atom stereocenters. The standard InChI is InChI=1S/C17H16NO3/c1-3-21-17(19)14-5-7-15(13-8-9-20-11-13)18-10-12(2)4-6-16(14)18/h4-11H,3H2,1-2H3/q+1. The van der Waals surface area contributed by atoms with Gasteiger partial charge in [-0.1, -0.05) is 0 Å². The summed E-state index contributed by atoms with van der Waals surface area (Å²) < 4.78 is 12.3. The highest BCUT2D eigenvalue weighted by Crippen LogP contribution is 2.19. The minimum absolute atomic E-state index is 0.308. The maximum absolute atomic E-state index is 12.1. The number of rotatable bonds is 3. The summed E-state index contributed by atoms with van der Waals surface area (Å²) in [4.78, 5) is 12.1. The van der Waals surface area contributed by atoms with Crippen LogP contribution < -0.4 is 4.40 Å². The van der Waals surface area contributed by atoms with Crippen LogP contribution in [0.4, 0.5) is 0 Å². The molecule has 3 heterocycles. The molecule has 0 bridgehead atoms. The van der Waals surface area contributed by atoms with Gasteiger partial charge in [0.1, 0.15) is 11.8 Å². The SMILES string of the molecule is CCOC(=O)c1ccc(-c2ccoc2)[n+]2cc(C)ccc12. The summed E-state index contributed by atoms with van der Waals surface area (Å²) in [5.74, 6) is -0.308. The number of furan rings is 1. The Morgan fingerprint density at radius 3 is 2.81 bits per heavy atom. The quantitative estimate of drug-likeness (QED) is 0.547. The second kappa shape index (κ2) is 5.40. The number of esters is 1. The molecule has 3 aromatic rings. The third-order valence-corrected chi connectivity index (χ3v) is 3.35. The van der Waals surface area contributed by atoms with Crippen molar-refractivity contribution in [3.8, 4) is 11.3 Å². The molecular weight excluding hydrogens is 266 g/mol. The predicted octanol–water partition coefficient (Wildman–Crippen LogP) is 3.17. The number of nitrogens with zero attached hydrogens (tertiary/aromatic N) is 1. The van der Waals surface area contributed by atoms with E-state index in [-0.39, 0.29) is 5.97 Å². The van der Waals surface area contributed by atoms with Crippen molar-refractivity contribution in [2.75, 3.05) is 6.61 Å². The molecule has 0 N–H and O–H groups in total. The molecule has 21 heavy (non-hydrogen) atoms. The maximum Gasteiger partial charge on any atom is 0.344 e. The number of hydrogen-bond donors (Lipinski definition) is 0. The highest BCUT2D eigenvalue weighted by Gasteiger charge is 2.21. The third-order valence-electron chi connectivity index (χ3n) is 3.35. The second-order valence-corrected chi connectivity index (χ2v) is 4.83. The summed E-state index contributed by atoms with van der Waals surface area (Å²) in [5, 5.41) is 0. The average Bonchev–Trinajstić information content (AvgIpc) is 3.00. The zero-order valence-electron chi connectivity index (χ0n) is 12.0. The Kier molecular flexibility index (Phi) is 3.44. The van der Waals surface area contributed by atoms with Crippen LogP contribution in [0, 0.1) is 6.92 Å². The number of ether oxygens (including phenoxy) is 1. The highest BCUT2D eigenvalue weighted by molar-refractivity contribution is 5.96. The molecule has 0 spiro atoms. The Hall–Kier alpha value is -2.62. The van der Waals surface area contributed by atoms with Gasteiger partial charge in [0.15, 0.2) is 6.20 Å². The van der Waals surface area contributed by atoms with Crippen LogP contribution >= 0.6 is 0 Å². The van der Waals surface area contributed by atoms with Gasteiger partial charge in [0, 0.05) is 17.7 Å². The molecule has 0 aliphatic carbocycles. The fraction of sp³-hybridized carbons (Fsp3) is 0.176. The zero-order chi connectivity index (χ0) is 14.8. The number of carbonyl (C=O) groups is 1. The van der Waals surface area contributed by atoms with E-state index in [0.29, 0.717) is 12.2 Å². The molecule has 0 fully saturated rings. The summed E-state index contributed by atoms with van der Waals surface area (Å²) >= 11 is 0. The Labute approximate surface area is 122 Å². The van der Waals surface area contributed by atoms with Crippen LogP contribution in [0.15, 0.2) is 53.5 Å². The van der Waals surface area contributed by atoms with Gasteiger partial charge in [0.2, 0.25) is 11.2 Å². The van der Waals surface area contributed by atoms with Gasteiger partial charge in [-0.05, 0) is 32.0 Å². The Morgan fingerprint density at radius 1 is 1.24 bits per heavy atom. The van der Waals surface area contributed by atoms with Crippen molar-refractivity contribution in [3.05, 3.63) is 60.2 Å². The molecule has 0 aliphatic heterocycles. The summed E-state index contributed by atoms with van der Waals surface area (Å²) in [6, 6.07) is 9.52. The monoisotopic (exact) mass is 282 g/mol. The molecule has 3 rings (SSSR count). The Bertz CT molecular complexity index is 791. The lowest BCUT2D eigenvalue weighted by atomic mass is 10.1. The molecule has 4 heteroatoms. The highest BCUT2D eigenvalue weighted by atomic mass is 16.5. The van der Waals surface area contributed by atoms with Crippen molar-refractivity contribution in [1.29, 1.82) is 0 Å². The topological polar surface area (TPSA) is 43.5 Å². The molecule has 0 aromatic carbocycles. The van der Waals surface area contributed by atoms with Gasteiger partial charge in [-0.3, -0.25) is 0 Å². The van der Waals surface area contributed by atoms with Gasteiger partial charge in [0.25, 0.3) is 0 Å². The van der Waals surface area contributed by atoms with Crippen molar-refractivity contribution in [2.45, 2.75) is 13.8 Å². The molecule has 0 saturated heterocycles. The maximum atomic E-state index is 12.1. The lowest BCUT2D eigenvalue weighted by Crippen LogP contribution is -2.27. The fourth-order valence-corrected chi connectivity index (χ4v) is 2.38.